The predicted octanol–water partition coefficient (Wildman–Crippen LogP) is 2.01. The van der Waals surface area contributed by atoms with Crippen molar-refractivity contribution < 1.29 is 14.6 Å². The second kappa shape index (κ2) is 6.68. The summed E-state index contributed by atoms with van der Waals surface area (Å²) in [6.07, 6.45) is 3.23. The van der Waals surface area contributed by atoms with Gasteiger partial charge in [0, 0.05) is 18.1 Å². The van der Waals surface area contributed by atoms with E-state index in [2.05, 4.69) is 10.3 Å². The highest BCUT2D eigenvalue weighted by Crippen LogP contribution is 2.16. The van der Waals surface area contributed by atoms with Crippen LogP contribution in [0.15, 0.2) is 42.7 Å². The van der Waals surface area contributed by atoms with E-state index >= 15 is 0 Å². The second-order valence-electron chi connectivity index (χ2n) is 4.30. The largest absolute Gasteiger partial charge is 0.491 e. The molecule has 0 aliphatic carbocycles. The predicted molar refractivity (Wildman–Crippen MR) is 76.0 cm³/mol. The van der Waals surface area contributed by atoms with Gasteiger partial charge < -0.3 is 15.2 Å². The number of aliphatic hydroxyl groups excluding tert-OH is 1. The Morgan fingerprint density at radius 3 is 2.70 bits per heavy atom. The van der Waals surface area contributed by atoms with E-state index in [1.54, 1.807) is 36.5 Å². The number of anilines is 1. The van der Waals surface area contributed by atoms with Crippen molar-refractivity contribution in [1.82, 2.24) is 4.98 Å². The molecule has 0 fully saturated rings. The summed E-state index contributed by atoms with van der Waals surface area (Å²) in [5.74, 6) is 0.444. The molecular formula is C15H16N2O3. The molecule has 0 saturated carbocycles. The summed E-state index contributed by atoms with van der Waals surface area (Å²) in [4.78, 5) is 16.0. The molecule has 0 unspecified atom stereocenters. The van der Waals surface area contributed by atoms with Crippen molar-refractivity contribution in [1.29, 1.82) is 0 Å². The van der Waals surface area contributed by atoms with Gasteiger partial charge in [-0.15, -0.1) is 0 Å². The number of pyridine rings is 1. The van der Waals surface area contributed by atoms with E-state index in [-0.39, 0.29) is 19.1 Å². The van der Waals surface area contributed by atoms with E-state index in [1.165, 1.54) is 6.20 Å². The number of ether oxygens (including phenoxy) is 1. The average molecular weight is 272 g/mol. The molecular weight excluding hydrogens is 256 g/mol. The molecule has 5 heteroatoms. The van der Waals surface area contributed by atoms with E-state index < -0.39 is 0 Å². The van der Waals surface area contributed by atoms with Crippen LogP contribution in [0.3, 0.4) is 0 Å². The maximum atomic E-state index is 12.0. The van der Waals surface area contributed by atoms with Crippen molar-refractivity contribution in [3.05, 3.63) is 53.9 Å². The SMILES string of the molecule is Cc1cncc(C(=O)Nc2ccc(OCCO)cc2)c1. The second-order valence-corrected chi connectivity index (χ2v) is 4.30. The summed E-state index contributed by atoms with van der Waals surface area (Å²) in [5.41, 5.74) is 2.13. The van der Waals surface area contributed by atoms with E-state index in [0.717, 1.165) is 5.56 Å². The Morgan fingerprint density at radius 2 is 2.05 bits per heavy atom. The zero-order valence-corrected chi connectivity index (χ0v) is 11.2. The van der Waals surface area contributed by atoms with Crippen molar-refractivity contribution in [3.8, 4) is 5.75 Å². The highest BCUT2D eigenvalue weighted by atomic mass is 16.5. The Balaban J connectivity index is 2.01. The first-order chi connectivity index (χ1) is 9.69. The molecule has 104 valence electrons. The van der Waals surface area contributed by atoms with Gasteiger partial charge in [0.1, 0.15) is 12.4 Å². The lowest BCUT2D eigenvalue weighted by molar-refractivity contribution is 0.102. The van der Waals surface area contributed by atoms with Gasteiger partial charge in [-0.2, -0.15) is 0 Å². The van der Waals surface area contributed by atoms with Crippen LogP contribution >= 0.6 is 0 Å². The number of amides is 1. The number of nitrogens with zero attached hydrogens (tertiary/aromatic N) is 1. The van der Waals surface area contributed by atoms with Gasteiger partial charge in [-0.1, -0.05) is 0 Å². The minimum Gasteiger partial charge on any atom is -0.491 e. The monoisotopic (exact) mass is 272 g/mol. The number of rotatable bonds is 5. The molecule has 1 heterocycles. The molecule has 2 N–H and O–H groups in total. The molecule has 2 aromatic rings. The van der Waals surface area contributed by atoms with Crippen LogP contribution in [0.25, 0.3) is 0 Å². The summed E-state index contributed by atoms with van der Waals surface area (Å²) in [5, 5.41) is 11.4. The lowest BCUT2D eigenvalue weighted by atomic mass is 10.2. The zero-order chi connectivity index (χ0) is 14.4. The summed E-state index contributed by atoms with van der Waals surface area (Å²) >= 11 is 0. The van der Waals surface area contributed by atoms with Crippen molar-refractivity contribution in [2.75, 3.05) is 18.5 Å². The maximum Gasteiger partial charge on any atom is 0.257 e. The van der Waals surface area contributed by atoms with Crippen molar-refractivity contribution in [2.45, 2.75) is 6.92 Å². The Hall–Kier alpha value is -2.40. The van der Waals surface area contributed by atoms with Crippen LogP contribution in [0.4, 0.5) is 5.69 Å². The van der Waals surface area contributed by atoms with Gasteiger partial charge in [0.25, 0.3) is 5.91 Å². The van der Waals surface area contributed by atoms with Gasteiger partial charge >= 0.3 is 0 Å². The normalized spacial score (nSPS) is 10.1. The van der Waals surface area contributed by atoms with Crippen molar-refractivity contribution in [3.63, 3.8) is 0 Å². The zero-order valence-electron chi connectivity index (χ0n) is 11.2. The smallest absolute Gasteiger partial charge is 0.257 e. The van der Waals surface area contributed by atoms with Crippen LogP contribution in [0.1, 0.15) is 15.9 Å². The number of aryl methyl sites for hydroxylation is 1. The first-order valence-corrected chi connectivity index (χ1v) is 6.26. The van der Waals surface area contributed by atoms with Crippen LogP contribution in [0.5, 0.6) is 5.75 Å². The summed E-state index contributed by atoms with van der Waals surface area (Å²) < 4.78 is 5.24. The Morgan fingerprint density at radius 1 is 1.30 bits per heavy atom. The summed E-state index contributed by atoms with van der Waals surface area (Å²) in [6.45, 7) is 2.11. The molecule has 1 amide bonds. The fourth-order valence-electron chi connectivity index (χ4n) is 1.68. The van der Waals surface area contributed by atoms with Gasteiger partial charge in [-0.25, -0.2) is 0 Å². The third-order valence-electron chi connectivity index (χ3n) is 2.61. The molecule has 0 radical (unpaired) electrons. The minimum absolute atomic E-state index is 0.0289. The molecule has 5 nitrogen and oxygen atoms in total. The van der Waals surface area contributed by atoms with Gasteiger partial charge in [-0.05, 0) is 42.8 Å². The van der Waals surface area contributed by atoms with Gasteiger partial charge in [0.2, 0.25) is 0 Å². The van der Waals surface area contributed by atoms with Crippen LogP contribution in [-0.4, -0.2) is 29.2 Å². The van der Waals surface area contributed by atoms with Gasteiger partial charge in [0.05, 0.1) is 12.2 Å². The highest BCUT2D eigenvalue weighted by Gasteiger charge is 2.06. The average Bonchev–Trinajstić information content (AvgIpc) is 2.46. The van der Waals surface area contributed by atoms with Crippen LogP contribution < -0.4 is 10.1 Å². The fraction of sp³-hybridized carbons (Fsp3) is 0.200. The Bertz CT molecular complexity index is 582. The quantitative estimate of drug-likeness (QED) is 0.873. The third-order valence-corrected chi connectivity index (χ3v) is 2.61. The molecule has 20 heavy (non-hydrogen) atoms. The minimum atomic E-state index is -0.203. The van der Waals surface area contributed by atoms with Crippen LogP contribution in [-0.2, 0) is 0 Å². The number of nitrogens with one attached hydrogen (secondary N) is 1. The fourth-order valence-corrected chi connectivity index (χ4v) is 1.68. The van der Waals surface area contributed by atoms with E-state index in [9.17, 15) is 4.79 Å². The van der Waals surface area contributed by atoms with E-state index in [1.807, 2.05) is 6.92 Å². The standard InChI is InChI=1S/C15H16N2O3/c1-11-8-12(10-16-9-11)15(19)17-13-2-4-14(5-3-13)20-7-6-18/h2-5,8-10,18H,6-7H2,1H3,(H,17,19). The summed E-state index contributed by atoms with van der Waals surface area (Å²) in [6, 6.07) is 8.74. The number of aliphatic hydroxyl groups is 1. The number of carbonyl (C=O) groups is 1. The number of hydrogen-bond acceptors (Lipinski definition) is 4. The molecule has 0 aliphatic rings. The number of benzene rings is 1. The van der Waals surface area contributed by atoms with E-state index in [4.69, 9.17) is 9.84 Å². The molecule has 2 rings (SSSR count). The molecule has 0 spiro atoms. The Kier molecular flexibility index (Phi) is 4.68. The van der Waals surface area contributed by atoms with Crippen molar-refractivity contribution in [2.24, 2.45) is 0 Å². The summed E-state index contributed by atoms with van der Waals surface area (Å²) in [7, 11) is 0. The molecule has 0 aliphatic heterocycles. The molecule has 0 atom stereocenters. The number of aromatic nitrogens is 1. The lowest BCUT2D eigenvalue weighted by Gasteiger charge is -2.07. The third kappa shape index (κ3) is 3.80. The van der Waals surface area contributed by atoms with Crippen molar-refractivity contribution >= 4 is 11.6 Å². The van der Waals surface area contributed by atoms with Crippen LogP contribution in [0.2, 0.25) is 0 Å². The van der Waals surface area contributed by atoms with Gasteiger partial charge in [-0.3, -0.25) is 9.78 Å². The first-order valence-electron chi connectivity index (χ1n) is 6.26. The maximum absolute atomic E-state index is 12.0. The van der Waals surface area contributed by atoms with E-state index in [0.29, 0.717) is 17.0 Å². The topological polar surface area (TPSA) is 71.5 Å². The van der Waals surface area contributed by atoms with Gasteiger partial charge in [0.15, 0.2) is 0 Å². The molecule has 1 aromatic heterocycles. The number of hydrogen-bond donors (Lipinski definition) is 2. The first kappa shape index (κ1) is 14.0. The van der Waals surface area contributed by atoms with Crippen LogP contribution in [0, 0.1) is 6.92 Å². The number of carbonyl (C=O) groups excluding carboxylic acids is 1. The lowest BCUT2D eigenvalue weighted by Crippen LogP contribution is -2.12. The molecule has 0 saturated heterocycles. The highest BCUT2D eigenvalue weighted by molar-refractivity contribution is 6.04. The Labute approximate surface area is 117 Å². The molecule has 1 aromatic carbocycles. The molecule has 0 bridgehead atoms.